The highest BCUT2D eigenvalue weighted by atomic mass is 15.1. The third-order valence-corrected chi connectivity index (χ3v) is 16.1. The molecule has 4 saturated carbocycles. The number of fused-ring (bicyclic) bond motifs is 3. The molecule has 5 aliphatic rings. The van der Waals surface area contributed by atoms with Gasteiger partial charge in [-0.3, -0.25) is 0 Å². The Hall–Kier alpha value is -7.22. The quantitative estimate of drug-likeness (QED) is 0.140. The van der Waals surface area contributed by atoms with Crippen LogP contribution in [-0.4, -0.2) is 0 Å². The van der Waals surface area contributed by atoms with Crippen LogP contribution in [0.1, 0.15) is 65.8 Å². The van der Waals surface area contributed by atoms with Crippen LogP contribution in [0.3, 0.4) is 0 Å². The van der Waals surface area contributed by atoms with E-state index < -0.39 is 5.41 Å². The zero-order chi connectivity index (χ0) is 43.6. The van der Waals surface area contributed by atoms with E-state index in [1.807, 2.05) is 0 Å². The van der Waals surface area contributed by atoms with Gasteiger partial charge in [-0.2, -0.15) is 0 Å². The van der Waals surface area contributed by atoms with E-state index in [0.717, 1.165) is 35.0 Å². The highest BCUT2D eigenvalue weighted by Crippen LogP contribution is 2.61. The Balaban J connectivity index is 0.955. The summed E-state index contributed by atoms with van der Waals surface area (Å²) in [6.45, 7) is 0. The number of hydrogen-bond acceptors (Lipinski definition) is 1. The molecule has 318 valence electrons. The van der Waals surface area contributed by atoms with Crippen LogP contribution in [0.2, 0.25) is 0 Å². The Morgan fingerprint density at radius 3 is 1.30 bits per heavy atom. The Bertz CT molecular complexity index is 3120. The second-order valence-electron chi connectivity index (χ2n) is 19.6. The van der Waals surface area contributed by atoms with Gasteiger partial charge < -0.3 is 4.90 Å². The molecular formula is C65H53N. The Morgan fingerprint density at radius 1 is 0.318 bits per heavy atom. The van der Waals surface area contributed by atoms with Crippen molar-refractivity contribution in [3.63, 3.8) is 0 Å². The Kier molecular flexibility index (Phi) is 9.52. The summed E-state index contributed by atoms with van der Waals surface area (Å²) in [7, 11) is 0. The van der Waals surface area contributed by atoms with Gasteiger partial charge >= 0.3 is 0 Å². The third kappa shape index (κ3) is 6.35. The molecule has 0 radical (unpaired) electrons. The molecule has 4 fully saturated rings. The van der Waals surface area contributed by atoms with Crippen LogP contribution in [-0.2, 0) is 5.41 Å². The normalized spacial score (nSPS) is 20.7. The molecule has 1 heteroatoms. The van der Waals surface area contributed by atoms with Crippen molar-refractivity contribution in [2.24, 2.45) is 23.7 Å². The Labute approximate surface area is 390 Å². The highest BCUT2D eigenvalue weighted by molar-refractivity contribution is 5.93. The van der Waals surface area contributed by atoms with Crippen LogP contribution in [0.25, 0.3) is 44.5 Å². The van der Waals surface area contributed by atoms with Crippen molar-refractivity contribution in [1.82, 2.24) is 0 Å². The zero-order valence-electron chi connectivity index (χ0n) is 37.3. The molecule has 0 spiro atoms. The first-order chi connectivity index (χ1) is 32.7. The molecule has 0 N–H and O–H groups in total. The maximum absolute atomic E-state index is 2.51. The molecule has 0 atom stereocenters. The minimum atomic E-state index is -0.483. The van der Waals surface area contributed by atoms with Crippen LogP contribution in [0.5, 0.6) is 0 Å². The van der Waals surface area contributed by atoms with Crippen molar-refractivity contribution in [3.8, 4) is 44.5 Å². The summed E-state index contributed by atoms with van der Waals surface area (Å²) in [5.74, 6) is 4.33. The number of anilines is 3. The predicted octanol–water partition coefficient (Wildman–Crippen LogP) is 17.1. The van der Waals surface area contributed by atoms with E-state index in [1.54, 1.807) is 5.56 Å². The largest absolute Gasteiger partial charge is 0.310 e. The van der Waals surface area contributed by atoms with Crippen molar-refractivity contribution in [1.29, 1.82) is 0 Å². The fraction of sp³-hybridized carbons (Fsp3) is 0.169. The molecule has 4 bridgehead atoms. The van der Waals surface area contributed by atoms with Crippen molar-refractivity contribution < 1.29 is 0 Å². The second-order valence-corrected chi connectivity index (χ2v) is 19.6. The summed E-state index contributed by atoms with van der Waals surface area (Å²) >= 11 is 0. The van der Waals surface area contributed by atoms with E-state index in [9.17, 15) is 0 Å². The van der Waals surface area contributed by atoms with Crippen molar-refractivity contribution in [3.05, 3.63) is 258 Å². The molecule has 0 aromatic heterocycles. The maximum atomic E-state index is 2.51. The van der Waals surface area contributed by atoms with Crippen LogP contribution in [0.4, 0.5) is 17.1 Å². The van der Waals surface area contributed by atoms with Crippen molar-refractivity contribution in [2.45, 2.75) is 43.4 Å². The lowest BCUT2D eigenvalue weighted by atomic mass is 9.51. The van der Waals surface area contributed by atoms with E-state index >= 15 is 0 Å². The van der Waals surface area contributed by atoms with Crippen LogP contribution in [0.15, 0.2) is 231 Å². The summed E-state index contributed by atoms with van der Waals surface area (Å²) in [5.41, 5.74) is 19.7. The van der Waals surface area contributed by atoms with Gasteiger partial charge in [0, 0.05) is 17.1 Å². The van der Waals surface area contributed by atoms with Crippen LogP contribution in [0, 0.1) is 23.7 Å². The van der Waals surface area contributed by atoms with E-state index in [2.05, 4.69) is 235 Å². The minimum absolute atomic E-state index is 0.483. The molecule has 9 aromatic rings. The molecule has 66 heavy (non-hydrogen) atoms. The highest BCUT2D eigenvalue weighted by Gasteiger charge is 2.49. The Morgan fingerprint density at radius 2 is 0.742 bits per heavy atom. The van der Waals surface area contributed by atoms with E-state index in [1.165, 1.54) is 105 Å². The first kappa shape index (κ1) is 39.2. The monoisotopic (exact) mass is 847 g/mol. The lowest BCUT2D eigenvalue weighted by molar-refractivity contribution is -0.00277. The number of rotatable bonds is 9. The van der Waals surface area contributed by atoms with Crippen molar-refractivity contribution in [2.75, 3.05) is 4.90 Å². The predicted molar refractivity (Wildman–Crippen MR) is 275 cm³/mol. The van der Waals surface area contributed by atoms with Gasteiger partial charge in [0.05, 0.1) is 5.41 Å². The first-order valence-corrected chi connectivity index (χ1v) is 24.3. The molecule has 0 aliphatic heterocycles. The zero-order valence-corrected chi connectivity index (χ0v) is 37.3. The van der Waals surface area contributed by atoms with E-state index in [-0.39, 0.29) is 0 Å². The molecular weight excluding hydrogens is 795 g/mol. The molecule has 0 amide bonds. The SMILES string of the molecule is c1ccc(-c2ccccc2-c2ccccc2-c2ccc(N(c3ccc(C4C5CC6CC(C5)CC4C6)cc3)c3ccc4c(c3)C(c3ccccc3)(c3ccccc3)c3ccccc3-4)cc2)cc1. The number of nitrogens with zero attached hydrogens (tertiary/aromatic N) is 1. The summed E-state index contributed by atoms with van der Waals surface area (Å²) < 4.78 is 0. The summed E-state index contributed by atoms with van der Waals surface area (Å²) in [6.07, 6.45) is 7.21. The topological polar surface area (TPSA) is 3.24 Å². The fourth-order valence-corrected chi connectivity index (χ4v) is 13.7. The van der Waals surface area contributed by atoms with Gasteiger partial charge in [-0.1, -0.05) is 194 Å². The number of benzene rings is 9. The molecule has 0 heterocycles. The first-order valence-electron chi connectivity index (χ1n) is 24.3. The van der Waals surface area contributed by atoms with Gasteiger partial charge in [-0.25, -0.2) is 0 Å². The summed E-state index contributed by atoms with van der Waals surface area (Å²) in [6, 6.07) is 86.3. The summed E-state index contributed by atoms with van der Waals surface area (Å²) in [4.78, 5) is 2.51. The maximum Gasteiger partial charge on any atom is 0.0714 e. The van der Waals surface area contributed by atoms with Crippen molar-refractivity contribution >= 4 is 17.1 Å². The lowest BCUT2D eigenvalue weighted by Gasteiger charge is -2.54. The number of hydrogen-bond donors (Lipinski definition) is 0. The molecule has 0 saturated heterocycles. The smallest absolute Gasteiger partial charge is 0.0714 e. The van der Waals surface area contributed by atoms with Gasteiger partial charge in [-0.15, -0.1) is 0 Å². The van der Waals surface area contributed by atoms with Gasteiger partial charge in [0.2, 0.25) is 0 Å². The van der Waals surface area contributed by atoms with Gasteiger partial charge in [-0.05, 0) is 170 Å². The van der Waals surface area contributed by atoms with Crippen LogP contribution < -0.4 is 4.90 Å². The second kappa shape index (κ2) is 16.0. The van der Waals surface area contributed by atoms with Gasteiger partial charge in [0.1, 0.15) is 0 Å². The van der Waals surface area contributed by atoms with E-state index in [4.69, 9.17) is 0 Å². The molecule has 5 aliphatic carbocycles. The van der Waals surface area contributed by atoms with Gasteiger partial charge in [0.25, 0.3) is 0 Å². The minimum Gasteiger partial charge on any atom is -0.310 e. The third-order valence-electron chi connectivity index (χ3n) is 16.1. The standard InChI is InChI=1S/C65H53N/c1-4-16-46(17-5-1)56-22-10-12-24-58(56)59-25-13-11-23-57(59)47-28-32-53(33-29-47)66(54-34-30-48(31-35-54)64-49-39-44-38-45(41-49)42-50(64)40-44)55-36-37-61-60-26-14-15-27-62(60)65(63(61)43-55,51-18-6-2-7-19-51)52-20-8-3-9-21-52/h1-37,43-45,49-50,64H,38-42H2. The fourth-order valence-electron chi connectivity index (χ4n) is 13.7. The van der Waals surface area contributed by atoms with Crippen LogP contribution >= 0.6 is 0 Å². The molecule has 0 unspecified atom stereocenters. The average Bonchev–Trinajstić information content (AvgIpc) is 3.68. The molecule has 1 nitrogen and oxygen atoms in total. The molecule has 14 rings (SSSR count). The summed E-state index contributed by atoms with van der Waals surface area (Å²) in [5, 5.41) is 0. The average molecular weight is 848 g/mol. The molecule has 9 aromatic carbocycles. The lowest BCUT2D eigenvalue weighted by Crippen LogP contribution is -2.43. The van der Waals surface area contributed by atoms with E-state index in [0.29, 0.717) is 5.92 Å². The van der Waals surface area contributed by atoms with Gasteiger partial charge in [0.15, 0.2) is 0 Å².